The molecule has 1 atom stereocenters. The summed E-state index contributed by atoms with van der Waals surface area (Å²) in [6, 6.07) is 7.11. The molecule has 0 aliphatic carbocycles. The lowest BCUT2D eigenvalue weighted by Gasteiger charge is -2.26. The van der Waals surface area contributed by atoms with Crippen molar-refractivity contribution in [3.8, 4) is 0 Å². The quantitative estimate of drug-likeness (QED) is 0.365. The van der Waals surface area contributed by atoms with Gasteiger partial charge >= 0.3 is 0 Å². The van der Waals surface area contributed by atoms with Crippen LogP contribution in [0.5, 0.6) is 0 Å². The topological polar surface area (TPSA) is 94.0 Å². The predicted molar refractivity (Wildman–Crippen MR) is 122 cm³/mol. The minimum absolute atomic E-state index is 0.193. The highest BCUT2D eigenvalue weighted by molar-refractivity contribution is 7.89. The van der Waals surface area contributed by atoms with E-state index in [9.17, 15) is 13.5 Å². The molecule has 1 aromatic rings. The summed E-state index contributed by atoms with van der Waals surface area (Å²) >= 11 is 0. The van der Waals surface area contributed by atoms with E-state index in [4.69, 9.17) is 0 Å². The first-order chi connectivity index (χ1) is 14.5. The molecule has 3 N–H and O–H groups in total. The number of sulfonamides is 1. The van der Waals surface area contributed by atoms with Crippen LogP contribution in [0.1, 0.15) is 57.9 Å². The fraction of sp³-hybridized carbons (Fsp3) is 0.682. The van der Waals surface area contributed by atoms with Gasteiger partial charge in [-0.1, -0.05) is 31.9 Å². The molecule has 0 spiro atoms. The lowest BCUT2D eigenvalue weighted by Crippen LogP contribution is -2.40. The van der Waals surface area contributed by atoms with Crippen LogP contribution in [0.2, 0.25) is 0 Å². The number of aliphatic hydroxyl groups is 1. The average molecular weight is 439 g/mol. The summed E-state index contributed by atoms with van der Waals surface area (Å²) in [5, 5.41) is 15.8. The van der Waals surface area contributed by atoms with Crippen LogP contribution in [0.3, 0.4) is 0 Å². The molecule has 1 saturated heterocycles. The van der Waals surface area contributed by atoms with Gasteiger partial charge in [0, 0.05) is 32.8 Å². The van der Waals surface area contributed by atoms with Crippen molar-refractivity contribution >= 4 is 16.0 Å². The van der Waals surface area contributed by atoms with Crippen LogP contribution >= 0.6 is 0 Å². The largest absolute Gasteiger partial charge is 0.396 e. The second kappa shape index (κ2) is 12.9. The van der Waals surface area contributed by atoms with Crippen LogP contribution < -0.4 is 10.6 Å². The van der Waals surface area contributed by atoms with Gasteiger partial charge < -0.3 is 15.7 Å². The van der Waals surface area contributed by atoms with E-state index < -0.39 is 10.0 Å². The number of guanidine groups is 1. The molecule has 1 aromatic carbocycles. The van der Waals surface area contributed by atoms with E-state index in [1.807, 2.05) is 13.0 Å². The van der Waals surface area contributed by atoms with Crippen LogP contribution in [0.15, 0.2) is 34.2 Å². The Morgan fingerprint density at radius 2 is 1.93 bits per heavy atom. The summed E-state index contributed by atoms with van der Waals surface area (Å²) in [7, 11) is -3.44. The molecule has 2 rings (SSSR count). The number of hydrogen-bond donors (Lipinski definition) is 3. The van der Waals surface area contributed by atoms with E-state index in [0.717, 1.165) is 57.2 Å². The van der Waals surface area contributed by atoms with Crippen molar-refractivity contribution in [2.75, 3.05) is 32.8 Å². The van der Waals surface area contributed by atoms with E-state index in [-0.39, 0.29) is 6.61 Å². The van der Waals surface area contributed by atoms with Gasteiger partial charge in [-0.25, -0.2) is 13.4 Å². The lowest BCUT2D eigenvalue weighted by molar-refractivity contribution is 0.251. The maximum Gasteiger partial charge on any atom is 0.243 e. The van der Waals surface area contributed by atoms with Crippen molar-refractivity contribution in [2.24, 2.45) is 10.9 Å². The van der Waals surface area contributed by atoms with Crippen molar-refractivity contribution in [3.05, 3.63) is 29.8 Å². The number of rotatable bonds is 11. The molecule has 1 aliphatic heterocycles. The van der Waals surface area contributed by atoms with Gasteiger partial charge in [-0.2, -0.15) is 4.31 Å². The Balaban J connectivity index is 2.05. The molecule has 1 unspecified atom stereocenters. The first-order valence-electron chi connectivity index (χ1n) is 11.2. The standard InChI is InChI=1S/C22H38N4O3S/c1-3-9-19(12-15-27)17-24-22(23-4-2)25-18-20-10-8-11-21(16-20)30(28,29)26-13-6-5-7-14-26/h8,10-11,16,19,27H,3-7,9,12-15,17-18H2,1-2H3,(H2,23,24,25). The van der Waals surface area contributed by atoms with E-state index in [1.54, 1.807) is 22.5 Å². The van der Waals surface area contributed by atoms with E-state index in [0.29, 0.717) is 36.4 Å². The molecule has 1 fully saturated rings. The minimum atomic E-state index is -3.44. The van der Waals surface area contributed by atoms with E-state index in [1.165, 1.54) is 0 Å². The number of aliphatic hydroxyl groups excluding tert-OH is 1. The number of hydrogen-bond acceptors (Lipinski definition) is 4. The minimum Gasteiger partial charge on any atom is -0.396 e. The summed E-state index contributed by atoms with van der Waals surface area (Å²) < 4.78 is 27.4. The number of benzene rings is 1. The predicted octanol–water partition coefficient (Wildman–Crippen LogP) is 2.72. The van der Waals surface area contributed by atoms with Gasteiger partial charge in [0.15, 0.2) is 5.96 Å². The maximum atomic E-state index is 12.9. The SMILES string of the molecule is CCCC(CCO)CNC(=NCc1cccc(S(=O)(=O)N2CCCCC2)c1)NCC. The molecule has 0 amide bonds. The van der Waals surface area contributed by atoms with Crippen LogP contribution in [-0.4, -0.2) is 56.6 Å². The van der Waals surface area contributed by atoms with Gasteiger partial charge in [-0.05, 0) is 56.2 Å². The van der Waals surface area contributed by atoms with Crippen molar-refractivity contribution in [3.63, 3.8) is 0 Å². The van der Waals surface area contributed by atoms with Gasteiger partial charge in [-0.3, -0.25) is 0 Å². The number of nitrogens with zero attached hydrogens (tertiary/aromatic N) is 2. The summed E-state index contributed by atoms with van der Waals surface area (Å²) in [6.45, 7) is 7.46. The van der Waals surface area contributed by atoms with Crippen LogP contribution in [0.25, 0.3) is 0 Å². The van der Waals surface area contributed by atoms with Crippen LogP contribution in [0.4, 0.5) is 0 Å². The normalized spacial score (nSPS) is 17.0. The Hall–Kier alpha value is -1.64. The maximum absolute atomic E-state index is 12.9. The Morgan fingerprint density at radius 3 is 2.60 bits per heavy atom. The van der Waals surface area contributed by atoms with Crippen molar-refractivity contribution in [1.82, 2.24) is 14.9 Å². The van der Waals surface area contributed by atoms with E-state index >= 15 is 0 Å². The zero-order chi connectivity index (χ0) is 21.8. The molecule has 170 valence electrons. The fourth-order valence-electron chi connectivity index (χ4n) is 3.75. The third-order valence-electron chi connectivity index (χ3n) is 5.41. The first kappa shape index (κ1) is 24.6. The monoisotopic (exact) mass is 438 g/mol. The van der Waals surface area contributed by atoms with Crippen LogP contribution in [0, 0.1) is 5.92 Å². The highest BCUT2D eigenvalue weighted by Crippen LogP contribution is 2.21. The molecule has 0 radical (unpaired) electrons. The molecule has 1 aliphatic rings. The van der Waals surface area contributed by atoms with Crippen LogP contribution in [-0.2, 0) is 16.6 Å². The Labute approximate surface area is 182 Å². The first-order valence-corrected chi connectivity index (χ1v) is 12.7. The van der Waals surface area contributed by atoms with Crippen molar-refractivity contribution in [1.29, 1.82) is 0 Å². The van der Waals surface area contributed by atoms with Gasteiger partial charge in [0.2, 0.25) is 10.0 Å². The Bertz CT molecular complexity index is 755. The third kappa shape index (κ3) is 7.56. The van der Waals surface area contributed by atoms with E-state index in [2.05, 4.69) is 22.5 Å². The van der Waals surface area contributed by atoms with Crippen molar-refractivity contribution < 1.29 is 13.5 Å². The second-order valence-corrected chi connectivity index (χ2v) is 9.79. The van der Waals surface area contributed by atoms with Crippen molar-refractivity contribution in [2.45, 2.75) is 63.8 Å². The summed E-state index contributed by atoms with van der Waals surface area (Å²) in [6.07, 6.45) is 5.86. The Morgan fingerprint density at radius 1 is 1.17 bits per heavy atom. The second-order valence-electron chi connectivity index (χ2n) is 7.86. The average Bonchev–Trinajstić information content (AvgIpc) is 2.76. The number of piperidine rings is 1. The van der Waals surface area contributed by atoms with Gasteiger partial charge in [0.05, 0.1) is 11.4 Å². The van der Waals surface area contributed by atoms with Gasteiger partial charge in [0.25, 0.3) is 0 Å². The van der Waals surface area contributed by atoms with Gasteiger partial charge in [0.1, 0.15) is 0 Å². The molecule has 0 aromatic heterocycles. The molecule has 0 bridgehead atoms. The molecule has 7 nitrogen and oxygen atoms in total. The molecule has 30 heavy (non-hydrogen) atoms. The Kier molecular flexibility index (Phi) is 10.6. The third-order valence-corrected chi connectivity index (χ3v) is 7.30. The molecule has 0 saturated carbocycles. The molecule has 8 heteroatoms. The lowest BCUT2D eigenvalue weighted by atomic mass is 10.0. The highest BCUT2D eigenvalue weighted by atomic mass is 32.2. The molecular formula is C22H38N4O3S. The zero-order valence-electron chi connectivity index (χ0n) is 18.4. The number of aliphatic imine (C=N–C) groups is 1. The number of nitrogens with one attached hydrogen (secondary N) is 2. The smallest absolute Gasteiger partial charge is 0.243 e. The molecular weight excluding hydrogens is 400 g/mol. The summed E-state index contributed by atoms with van der Waals surface area (Å²) in [5.74, 6) is 1.11. The zero-order valence-corrected chi connectivity index (χ0v) is 19.3. The fourth-order valence-corrected chi connectivity index (χ4v) is 5.34. The van der Waals surface area contributed by atoms with Gasteiger partial charge in [-0.15, -0.1) is 0 Å². The summed E-state index contributed by atoms with van der Waals surface area (Å²) in [4.78, 5) is 4.98. The highest BCUT2D eigenvalue weighted by Gasteiger charge is 2.25. The summed E-state index contributed by atoms with van der Waals surface area (Å²) in [5.41, 5.74) is 0.866. The molecule has 1 heterocycles.